The normalized spacial score (nSPS) is 13.2. The van der Waals surface area contributed by atoms with E-state index >= 15 is 0 Å². The number of aliphatic hydroxyl groups is 1. The number of halogens is 2. The van der Waals surface area contributed by atoms with Gasteiger partial charge in [0.2, 0.25) is 5.95 Å². The van der Waals surface area contributed by atoms with E-state index in [-0.39, 0.29) is 5.56 Å². The molecule has 0 spiro atoms. The molecule has 0 aliphatic heterocycles. The number of rotatable bonds is 4. The summed E-state index contributed by atoms with van der Waals surface area (Å²) in [6.07, 6.45) is 4.67. The Morgan fingerprint density at radius 3 is 2.50 bits per heavy atom. The summed E-state index contributed by atoms with van der Waals surface area (Å²) in [5, 5.41) is 13.3. The summed E-state index contributed by atoms with van der Waals surface area (Å²) in [7, 11) is 3.40. The number of fused-ring (bicyclic) bond motifs is 1. The molecule has 4 heterocycles. The molecule has 0 amide bonds. The minimum absolute atomic E-state index is 0.289. The lowest BCUT2D eigenvalue weighted by Crippen LogP contribution is -2.32. The van der Waals surface area contributed by atoms with Gasteiger partial charge in [-0.1, -0.05) is 29.8 Å². The van der Waals surface area contributed by atoms with Crippen LogP contribution in [0.1, 0.15) is 17.0 Å². The number of imidazole rings is 1. The van der Waals surface area contributed by atoms with Crippen LogP contribution in [0.25, 0.3) is 22.2 Å². The molecule has 170 valence electrons. The van der Waals surface area contributed by atoms with Crippen LogP contribution in [-0.4, -0.2) is 29.2 Å². The lowest BCUT2D eigenvalue weighted by Gasteiger charge is -2.29. The van der Waals surface area contributed by atoms with Gasteiger partial charge in [0.15, 0.2) is 5.60 Å². The number of aryl methyl sites for hydroxylation is 2. The van der Waals surface area contributed by atoms with Crippen LogP contribution in [0.15, 0.2) is 78.1 Å². The van der Waals surface area contributed by atoms with Gasteiger partial charge in [-0.15, -0.1) is 0 Å². The molecule has 1 atom stereocenters. The summed E-state index contributed by atoms with van der Waals surface area (Å²) in [6.45, 7) is 0. The lowest BCUT2D eigenvalue weighted by atomic mass is 9.86. The minimum atomic E-state index is -1.69. The average molecular weight is 476 g/mol. The highest BCUT2D eigenvalue weighted by molar-refractivity contribution is 6.30. The molecule has 0 radical (unpaired) electrons. The molecule has 0 aliphatic rings. The first kappa shape index (κ1) is 21.9. The fourth-order valence-corrected chi connectivity index (χ4v) is 4.27. The fraction of sp³-hybridized carbons (Fsp3) is 0.120. The van der Waals surface area contributed by atoms with Gasteiger partial charge in [0.1, 0.15) is 0 Å². The van der Waals surface area contributed by atoms with Crippen LogP contribution >= 0.6 is 11.6 Å². The number of aromatic nitrogens is 5. The van der Waals surface area contributed by atoms with Gasteiger partial charge in [-0.3, -0.25) is 9.78 Å². The quantitative estimate of drug-likeness (QED) is 0.399. The van der Waals surface area contributed by atoms with E-state index in [0.29, 0.717) is 44.1 Å². The van der Waals surface area contributed by atoms with Gasteiger partial charge in [0, 0.05) is 36.1 Å². The molecule has 0 fully saturated rings. The van der Waals surface area contributed by atoms with E-state index < -0.39 is 11.5 Å². The van der Waals surface area contributed by atoms with Crippen LogP contribution in [0.5, 0.6) is 0 Å². The maximum absolute atomic E-state index is 13.9. The molecule has 1 N–H and O–H groups in total. The van der Waals surface area contributed by atoms with Gasteiger partial charge in [0.25, 0.3) is 5.56 Å². The van der Waals surface area contributed by atoms with Crippen molar-refractivity contribution in [3.05, 3.63) is 112 Å². The number of hydrogen-bond acceptors (Lipinski definition) is 5. The maximum Gasteiger partial charge on any atom is 0.251 e. The molecular weight excluding hydrogens is 457 g/mol. The Labute approximate surface area is 198 Å². The summed E-state index contributed by atoms with van der Waals surface area (Å²) in [5.41, 5.74) is 0.580. The molecule has 9 heteroatoms. The lowest BCUT2D eigenvalue weighted by molar-refractivity contribution is 0.113. The van der Waals surface area contributed by atoms with Crippen molar-refractivity contribution in [3.63, 3.8) is 0 Å². The molecule has 34 heavy (non-hydrogen) atoms. The van der Waals surface area contributed by atoms with Crippen molar-refractivity contribution in [3.8, 4) is 11.3 Å². The number of pyridine rings is 3. The minimum Gasteiger partial charge on any atom is -0.373 e. The first-order chi connectivity index (χ1) is 16.3. The molecule has 0 saturated carbocycles. The van der Waals surface area contributed by atoms with Crippen molar-refractivity contribution >= 4 is 22.5 Å². The first-order valence-corrected chi connectivity index (χ1v) is 10.7. The Morgan fingerprint density at radius 1 is 1.06 bits per heavy atom. The van der Waals surface area contributed by atoms with Gasteiger partial charge in [-0.25, -0.2) is 9.97 Å². The molecule has 0 unspecified atom stereocenters. The summed E-state index contributed by atoms with van der Waals surface area (Å²) in [5.74, 6) is -0.659. The Hall–Kier alpha value is -3.88. The molecule has 5 aromatic rings. The van der Waals surface area contributed by atoms with Crippen LogP contribution < -0.4 is 5.56 Å². The average Bonchev–Trinajstić information content (AvgIpc) is 3.27. The highest BCUT2D eigenvalue weighted by Crippen LogP contribution is 2.38. The Bertz CT molecular complexity index is 1600. The van der Waals surface area contributed by atoms with Crippen LogP contribution in [0.2, 0.25) is 5.02 Å². The molecule has 5 rings (SSSR count). The first-order valence-electron chi connectivity index (χ1n) is 10.4. The monoisotopic (exact) mass is 475 g/mol. The molecular formula is C25H19ClFN5O2. The van der Waals surface area contributed by atoms with Gasteiger partial charge >= 0.3 is 0 Å². The highest BCUT2D eigenvalue weighted by Gasteiger charge is 2.38. The molecule has 0 saturated heterocycles. The van der Waals surface area contributed by atoms with Crippen molar-refractivity contribution in [2.45, 2.75) is 5.60 Å². The van der Waals surface area contributed by atoms with Gasteiger partial charge in [-0.2, -0.15) is 4.39 Å². The van der Waals surface area contributed by atoms with E-state index in [1.54, 1.807) is 67.6 Å². The van der Waals surface area contributed by atoms with Gasteiger partial charge in [0.05, 0.1) is 41.3 Å². The van der Waals surface area contributed by atoms with Crippen molar-refractivity contribution in [1.82, 2.24) is 24.1 Å². The maximum atomic E-state index is 13.9. The van der Waals surface area contributed by atoms with Crippen LogP contribution in [0.4, 0.5) is 4.39 Å². The Morgan fingerprint density at radius 2 is 1.82 bits per heavy atom. The molecule has 1 aromatic carbocycles. The predicted octanol–water partition coefficient (Wildman–Crippen LogP) is 3.81. The van der Waals surface area contributed by atoms with Crippen molar-refractivity contribution in [1.29, 1.82) is 0 Å². The van der Waals surface area contributed by atoms with Crippen molar-refractivity contribution < 1.29 is 9.50 Å². The van der Waals surface area contributed by atoms with Crippen LogP contribution in [-0.2, 0) is 19.7 Å². The second-order valence-electron chi connectivity index (χ2n) is 7.99. The zero-order valence-corrected chi connectivity index (χ0v) is 19.0. The smallest absolute Gasteiger partial charge is 0.251 e. The second-order valence-corrected chi connectivity index (χ2v) is 8.43. The van der Waals surface area contributed by atoms with Crippen LogP contribution in [0.3, 0.4) is 0 Å². The van der Waals surface area contributed by atoms with E-state index in [9.17, 15) is 14.3 Å². The van der Waals surface area contributed by atoms with E-state index in [0.717, 1.165) is 0 Å². The summed E-state index contributed by atoms with van der Waals surface area (Å²) < 4.78 is 17.1. The number of benzene rings is 1. The largest absolute Gasteiger partial charge is 0.373 e. The molecule has 0 aliphatic carbocycles. The van der Waals surface area contributed by atoms with Gasteiger partial charge in [-0.05, 0) is 35.9 Å². The number of hydrogen-bond donors (Lipinski definition) is 1. The van der Waals surface area contributed by atoms with Gasteiger partial charge < -0.3 is 14.2 Å². The van der Waals surface area contributed by atoms with Crippen molar-refractivity contribution in [2.75, 3.05) is 0 Å². The van der Waals surface area contributed by atoms with E-state index in [1.807, 2.05) is 0 Å². The highest BCUT2D eigenvalue weighted by atomic mass is 35.5. The van der Waals surface area contributed by atoms with Crippen LogP contribution in [0, 0.1) is 5.95 Å². The molecule has 4 aromatic heterocycles. The Balaban J connectivity index is 1.84. The zero-order valence-electron chi connectivity index (χ0n) is 18.3. The predicted molar refractivity (Wildman–Crippen MR) is 127 cm³/mol. The van der Waals surface area contributed by atoms with E-state index in [1.165, 1.54) is 29.0 Å². The third-order valence-corrected chi connectivity index (χ3v) is 6.20. The summed E-state index contributed by atoms with van der Waals surface area (Å²) in [6, 6.07) is 14.3. The zero-order chi connectivity index (χ0) is 24.0. The fourth-order valence-electron chi connectivity index (χ4n) is 4.14. The third kappa shape index (κ3) is 3.48. The molecule has 0 bridgehead atoms. The van der Waals surface area contributed by atoms with E-state index in [2.05, 4.69) is 15.0 Å². The SMILES string of the molecule is Cn1cncc1[C@@](O)(c1ccc(Cl)cc1)c1cc2c(-c3cccc(F)n3)cc(=O)n(C)c2cn1. The van der Waals surface area contributed by atoms with Crippen molar-refractivity contribution in [2.24, 2.45) is 14.1 Å². The number of nitrogens with zero attached hydrogens (tertiary/aromatic N) is 5. The summed E-state index contributed by atoms with van der Waals surface area (Å²) in [4.78, 5) is 25.3. The topological polar surface area (TPSA) is 85.8 Å². The summed E-state index contributed by atoms with van der Waals surface area (Å²) >= 11 is 6.09. The third-order valence-electron chi connectivity index (χ3n) is 5.94. The molecule has 7 nitrogen and oxygen atoms in total. The van der Waals surface area contributed by atoms with E-state index in [4.69, 9.17) is 11.6 Å². The standard InChI is InChI=1S/C25H19ClFN5O2/c1-31-14-28-13-22(31)25(34,15-6-8-16(26)9-7-15)21-10-18-17(19-4-3-5-23(27)30-19)11-24(33)32(2)20(18)12-29-21/h3-14,34H,1-2H3/t25-/m1/s1. The Kier molecular flexibility index (Phi) is 5.27. The second kappa shape index (κ2) is 8.16.